The van der Waals surface area contributed by atoms with E-state index in [4.69, 9.17) is 0 Å². The van der Waals surface area contributed by atoms with Crippen molar-refractivity contribution in [2.75, 3.05) is 0 Å². The van der Waals surface area contributed by atoms with Crippen LogP contribution in [0.4, 0.5) is 5.13 Å². The number of phenolic OH excluding ortho intramolecular Hbond substituents is 1. The lowest BCUT2D eigenvalue weighted by molar-refractivity contribution is 0.474. The lowest BCUT2D eigenvalue weighted by atomic mass is 9.94. The van der Waals surface area contributed by atoms with Gasteiger partial charge >= 0.3 is 0 Å². The first-order valence-electron chi connectivity index (χ1n) is 7.21. The van der Waals surface area contributed by atoms with E-state index in [1.165, 1.54) is 16.0 Å². The minimum Gasteiger partial charge on any atom is -0.507 e. The number of aliphatic imine (C=N–C) groups is 1. The van der Waals surface area contributed by atoms with Gasteiger partial charge < -0.3 is 5.11 Å². The summed E-state index contributed by atoms with van der Waals surface area (Å²) in [7, 11) is 0. The number of aryl methyl sites for hydroxylation is 2. The number of aromatic nitrogens is 1. The van der Waals surface area contributed by atoms with Gasteiger partial charge in [0.1, 0.15) is 5.75 Å². The molecule has 0 unspecified atom stereocenters. The number of phenols is 1. The van der Waals surface area contributed by atoms with E-state index in [2.05, 4.69) is 34.2 Å². The number of hydrogen-bond donors (Lipinski definition) is 1. The summed E-state index contributed by atoms with van der Waals surface area (Å²) >= 11 is 1.61. The molecule has 0 bridgehead atoms. The minimum atomic E-state index is 0.234. The molecule has 0 saturated heterocycles. The monoisotopic (exact) mass is 306 g/mol. The number of hydrogen-bond acceptors (Lipinski definition) is 4. The van der Waals surface area contributed by atoms with Crippen molar-refractivity contribution >= 4 is 22.7 Å². The zero-order chi connectivity index (χ0) is 14.9. The molecule has 1 aromatic heterocycles. The van der Waals surface area contributed by atoms with Crippen LogP contribution in [0.1, 0.15) is 16.8 Å². The fourth-order valence-electron chi connectivity index (χ4n) is 2.71. The minimum absolute atomic E-state index is 0.234. The van der Waals surface area contributed by atoms with Crippen LogP contribution in [0.3, 0.4) is 0 Å². The van der Waals surface area contributed by atoms with Gasteiger partial charge in [0.2, 0.25) is 5.13 Å². The maximum absolute atomic E-state index is 9.77. The van der Waals surface area contributed by atoms with Gasteiger partial charge in [-0.3, -0.25) is 0 Å². The number of rotatable bonds is 2. The van der Waals surface area contributed by atoms with Gasteiger partial charge in [0.15, 0.2) is 0 Å². The molecule has 22 heavy (non-hydrogen) atoms. The van der Waals surface area contributed by atoms with Gasteiger partial charge in [0.05, 0.1) is 10.6 Å². The average molecular weight is 306 g/mol. The molecular weight excluding hydrogens is 292 g/mol. The summed E-state index contributed by atoms with van der Waals surface area (Å²) in [5.74, 6) is 0.234. The van der Waals surface area contributed by atoms with Gasteiger partial charge in [-0.1, -0.05) is 47.7 Å². The summed E-state index contributed by atoms with van der Waals surface area (Å²) in [6, 6.07) is 15.7. The molecule has 0 fully saturated rings. The second kappa shape index (κ2) is 5.39. The highest BCUT2D eigenvalue weighted by Crippen LogP contribution is 2.40. The van der Waals surface area contributed by atoms with E-state index in [9.17, 15) is 5.11 Å². The first-order valence-corrected chi connectivity index (χ1v) is 8.03. The Bertz CT molecular complexity index is 867. The largest absolute Gasteiger partial charge is 0.507 e. The summed E-state index contributed by atoms with van der Waals surface area (Å²) in [4.78, 5) is 10.3. The summed E-state index contributed by atoms with van der Waals surface area (Å²) < 4.78 is 0. The van der Waals surface area contributed by atoms with Crippen LogP contribution in [0, 0.1) is 0 Å². The molecule has 1 aliphatic carbocycles. The van der Waals surface area contributed by atoms with E-state index < -0.39 is 0 Å². The number of benzene rings is 2. The number of fused-ring (bicyclic) bond motifs is 3. The maximum atomic E-state index is 9.77. The molecule has 0 radical (unpaired) electrons. The molecule has 0 saturated carbocycles. The Balaban J connectivity index is 1.70. The Morgan fingerprint density at radius 2 is 1.86 bits per heavy atom. The quantitative estimate of drug-likeness (QED) is 0.715. The normalized spacial score (nSPS) is 13.1. The molecule has 0 amide bonds. The molecule has 0 spiro atoms. The lowest BCUT2D eigenvalue weighted by Crippen LogP contribution is -2.01. The van der Waals surface area contributed by atoms with E-state index in [1.807, 2.05) is 12.1 Å². The fourth-order valence-corrected chi connectivity index (χ4v) is 3.73. The molecule has 1 aliphatic rings. The summed E-state index contributed by atoms with van der Waals surface area (Å²) in [6.07, 6.45) is 3.68. The zero-order valence-corrected chi connectivity index (χ0v) is 12.7. The smallest absolute Gasteiger partial charge is 0.209 e. The van der Waals surface area contributed by atoms with Gasteiger partial charge in [-0.05, 0) is 36.1 Å². The van der Waals surface area contributed by atoms with Gasteiger partial charge in [-0.15, -0.1) is 0 Å². The first-order chi connectivity index (χ1) is 10.8. The molecule has 4 rings (SSSR count). The van der Waals surface area contributed by atoms with Crippen molar-refractivity contribution in [1.82, 2.24) is 4.98 Å². The first kappa shape index (κ1) is 13.2. The number of para-hydroxylation sites is 1. The standard InChI is InChI=1S/C18H14N2OS/c21-16-8-4-2-6-13(16)11-19-18-20-15-10-9-12-5-1-3-7-14(12)17(15)22-18/h1-8,11,21H,9-10H2. The summed E-state index contributed by atoms with van der Waals surface area (Å²) in [5, 5.41) is 10.5. The Labute approximate surface area is 132 Å². The Hall–Kier alpha value is -2.46. The molecule has 4 heteroatoms. The predicted molar refractivity (Wildman–Crippen MR) is 90.3 cm³/mol. The Morgan fingerprint density at radius 1 is 1.05 bits per heavy atom. The SMILES string of the molecule is Oc1ccccc1C=Nc1nc2c(s1)-c1ccccc1CC2. The molecule has 1 heterocycles. The van der Waals surface area contributed by atoms with Gasteiger partial charge in [-0.2, -0.15) is 0 Å². The van der Waals surface area contributed by atoms with Crippen molar-refractivity contribution in [3.05, 3.63) is 65.4 Å². The van der Waals surface area contributed by atoms with Crippen molar-refractivity contribution in [1.29, 1.82) is 0 Å². The predicted octanol–water partition coefficient (Wildman–Crippen LogP) is 4.36. The van der Waals surface area contributed by atoms with E-state index in [0.717, 1.165) is 23.7 Å². The highest BCUT2D eigenvalue weighted by atomic mass is 32.1. The van der Waals surface area contributed by atoms with Crippen molar-refractivity contribution in [2.45, 2.75) is 12.8 Å². The fraction of sp³-hybridized carbons (Fsp3) is 0.111. The number of aromatic hydroxyl groups is 1. The van der Waals surface area contributed by atoms with Crippen LogP contribution < -0.4 is 0 Å². The van der Waals surface area contributed by atoms with Crippen molar-refractivity contribution in [3.63, 3.8) is 0 Å². The highest BCUT2D eigenvalue weighted by Gasteiger charge is 2.19. The zero-order valence-electron chi connectivity index (χ0n) is 11.9. The summed E-state index contributed by atoms with van der Waals surface area (Å²) in [5.41, 5.74) is 4.50. The molecular formula is C18H14N2OS. The van der Waals surface area contributed by atoms with Crippen LogP contribution >= 0.6 is 11.3 Å². The maximum Gasteiger partial charge on any atom is 0.209 e. The Kier molecular flexibility index (Phi) is 3.24. The topological polar surface area (TPSA) is 45.5 Å². The molecule has 3 aromatic rings. The van der Waals surface area contributed by atoms with Crippen LogP contribution in [-0.2, 0) is 12.8 Å². The third kappa shape index (κ3) is 2.31. The van der Waals surface area contributed by atoms with Crippen molar-refractivity contribution in [2.24, 2.45) is 4.99 Å². The molecule has 0 atom stereocenters. The van der Waals surface area contributed by atoms with Crippen LogP contribution in [-0.4, -0.2) is 16.3 Å². The molecule has 3 nitrogen and oxygen atoms in total. The van der Waals surface area contributed by atoms with E-state index in [0.29, 0.717) is 5.56 Å². The van der Waals surface area contributed by atoms with Crippen LogP contribution in [0.2, 0.25) is 0 Å². The van der Waals surface area contributed by atoms with Crippen LogP contribution in [0.25, 0.3) is 10.4 Å². The van der Waals surface area contributed by atoms with Crippen LogP contribution in [0.5, 0.6) is 5.75 Å². The number of thiazole rings is 1. The second-order valence-corrected chi connectivity index (χ2v) is 6.22. The third-order valence-electron chi connectivity index (χ3n) is 3.83. The molecule has 108 valence electrons. The Morgan fingerprint density at radius 3 is 2.77 bits per heavy atom. The third-order valence-corrected chi connectivity index (χ3v) is 4.87. The van der Waals surface area contributed by atoms with E-state index in [-0.39, 0.29) is 5.75 Å². The van der Waals surface area contributed by atoms with Crippen LogP contribution in [0.15, 0.2) is 53.5 Å². The number of nitrogens with zero attached hydrogens (tertiary/aromatic N) is 2. The highest BCUT2D eigenvalue weighted by molar-refractivity contribution is 7.18. The second-order valence-electron chi connectivity index (χ2n) is 5.25. The van der Waals surface area contributed by atoms with E-state index >= 15 is 0 Å². The molecule has 1 N–H and O–H groups in total. The van der Waals surface area contributed by atoms with E-state index in [1.54, 1.807) is 29.7 Å². The van der Waals surface area contributed by atoms with Crippen molar-refractivity contribution in [3.8, 4) is 16.2 Å². The average Bonchev–Trinajstić information content (AvgIpc) is 2.98. The van der Waals surface area contributed by atoms with Gasteiger partial charge in [-0.25, -0.2) is 9.98 Å². The van der Waals surface area contributed by atoms with Gasteiger partial charge in [0, 0.05) is 11.8 Å². The lowest BCUT2D eigenvalue weighted by Gasteiger charge is -2.13. The summed E-state index contributed by atoms with van der Waals surface area (Å²) in [6.45, 7) is 0. The molecule has 0 aliphatic heterocycles. The van der Waals surface area contributed by atoms with Crippen molar-refractivity contribution < 1.29 is 5.11 Å². The van der Waals surface area contributed by atoms with Gasteiger partial charge in [0.25, 0.3) is 0 Å². The molecule has 2 aromatic carbocycles.